The maximum absolute atomic E-state index is 12.8. The van der Waals surface area contributed by atoms with Gasteiger partial charge >= 0.3 is 12.2 Å². The number of hydrogen-bond donors (Lipinski definition) is 4. The van der Waals surface area contributed by atoms with Gasteiger partial charge in [-0.2, -0.15) is 18.3 Å². The second kappa shape index (κ2) is 11.0. The number of urea groups is 1. The number of carbonyl (C=O) groups excluding carboxylic acids is 3. The molecule has 0 saturated heterocycles. The molecule has 0 fully saturated rings. The van der Waals surface area contributed by atoms with Gasteiger partial charge in [-0.15, -0.1) is 0 Å². The maximum Gasteiger partial charge on any atom is 0.416 e. The molecule has 0 aliphatic rings. The number of halogens is 3. The molecule has 0 aliphatic carbocycles. The van der Waals surface area contributed by atoms with Crippen molar-refractivity contribution >= 4 is 41.1 Å². The van der Waals surface area contributed by atoms with Crippen LogP contribution in [0.4, 0.5) is 35.0 Å². The van der Waals surface area contributed by atoms with E-state index in [1.807, 2.05) is 0 Å². The van der Waals surface area contributed by atoms with Crippen molar-refractivity contribution in [3.63, 3.8) is 0 Å². The van der Waals surface area contributed by atoms with Crippen LogP contribution in [0.3, 0.4) is 0 Å². The van der Waals surface area contributed by atoms with Crippen LogP contribution < -0.4 is 21.4 Å². The maximum atomic E-state index is 12.8. The van der Waals surface area contributed by atoms with Crippen molar-refractivity contribution in [2.24, 2.45) is 5.10 Å². The average molecular weight is 483 g/mol. The number of anilines is 3. The lowest BCUT2D eigenvalue weighted by Gasteiger charge is -2.11. The first kappa shape index (κ1) is 25.0. The van der Waals surface area contributed by atoms with Gasteiger partial charge in [-0.3, -0.25) is 9.59 Å². The van der Waals surface area contributed by atoms with Crippen molar-refractivity contribution in [1.82, 2.24) is 5.43 Å². The summed E-state index contributed by atoms with van der Waals surface area (Å²) in [5.41, 5.74) is 3.41. The predicted molar refractivity (Wildman–Crippen MR) is 126 cm³/mol. The number of amides is 4. The second-order valence-corrected chi connectivity index (χ2v) is 7.24. The fourth-order valence-corrected chi connectivity index (χ4v) is 2.86. The van der Waals surface area contributed by atoms with Gasteiger partial charge in [0.1, 0.15) is 0 Å². The Morgan fingerprint density at radius 1 is 0.800 bits per heavy atom. The first-order valence-corrected chi connectivity index (χ1v) is 10.2. The van der Waals surface area contributed by atoms with Gasteiger partial charge in [0.05, 0.1) is 11.8 Å². The van der Waals surface area contributed by atoms with Gasteiger partial charge in [-0.1, -0.05) is 18.2 Å². The molecule has 0 bridgehead atoms. The summed E-state index contributed by atoms with van der Waals surface area (Å²) in [6.07, 6.45) is -3.09. The summed E-state index contributed by atoms with van der Waals surface area (Å²) in [6, 6.07) is 16.2. The summed E-state index contributed by atoms with van der Waals surface area (Å²) in [5, 5.41) is 11.3. The second-order valence-electron chi connectivity index (χ2n) is 7.24. The van der Waals surface area contributed by atoms with E-state index in [0.29, 0.717) is 16.9 Å². The highest BCUT2D eigenvalue weighted by atomic mass is 19.4. The zero-order valence-electron chi connectivity index (χ0n) is 18.3. The molecule has 0 heterocycles. The molecule has 8 nitrogen and oxygen atoms in total. The normalized spacial score (nSPS) is 11.1. The molecule has 11 heteroatoms. The van der Waals surface area contributed by atoms with Crippen LogP contribution in [-0.4, -0.2) is 24.1 Å². The zero-order chi connectivity index (χ0) is 25.4. The van der Waals surface area contributed by atoms with E-state index in [9.17, 15) is 27.6 Å². The fourth-order valence-electron chi connectivity index (χ4n) is 2.86. The number of alkyl halides is 3. The first-order valence-electron chi connectivity index (χ1n) is 10.2. The predicted octanol–water partition coefficient (Wildman–Crippen LogP) is 5.07. The molecule has 0 radical (unpaired) electrons. The highest BCUT2D eigenvalue weighted by molar-refractivity contribution is 6.00. The molecule has 4 N–H and O–H groups in total. The quantitative estimate of drug-likeness (QED) is 0.290. The van der Waals surface area contributed by atoms with Gasteiger partial charge in [0.15, 0.2) is 0 Å². The highest BCUT2D eigenvalue weighted by Gasteiger charge is 2.30. The van der Waals surface area contributed by atoms with Crippen molar-refractivity contribution in [3.8, 4) is 0 Å². The monoisotopic (exact) mass is 483 g/mol. The van der Waals surface area contributed by atoms with Crippen LogP contribution in [0, 0.1) is 0 Å². The standard InChI is InChI=1S/C24H20F3N5O3/c1-15(33)29-19-9-5-16(6-10-19)14-28-32-22(34)17-7-11-20(12-8-17)30-23(35)31-21-4-2-3-18(13-21)24(25,26)27/h2-14H,1H3,(H,29,33)(H,32,34)(H2,30,31,35)/b28-14+. The number of nitrogens with zero attached hydrogens (tertiary/aromatic N) is 1. The van der Waals surface area contributed by atoms with Gasteiger partial charge in [0.2, 0.25) is 5.91 Å². The highest BCUT2D eigenvalue weighted by Crippen LogP contribution is 2.30. The van der Waals surface area contributed by atoms with E-state index < -0.39 is 23.7 Å². The summed E-state index contributed by atoms with van der Waals surface area (Å²) in [7, 11) is 0. The van der Waals surface area contributed by atoms with Gasteiger partial charge in [0, 0.05) is 29.5 Å². The number of benzene rings is 3. The Morgan fingerprint density at radius 3 is 2.03 bits per heavy atom. The molecule has 180 valence electrons. The summed E-state index contributed by atoms with van der Waals surface area (Å²) < 4.78 is 38.4. The molecule has 3 rings (SSSR count). The zero-order valence-corrected chi connectivity index (χ0v) is 18.3. The van der Waals surface area contributed by atoms with Gasteiger partial charge in [0.25, 0.3) is 5.91 Å². The van der Waals surface area contributed by atoms with E-state index in [4.69, 9.17) is 0 Å². The lowest BCUT2D eigenvalue weighted by atomic mass is 10.2. The van der Waals surface area contributed by atoms with Crippen molar-refractivity contribution in [2.45, 2.75) is 13.1 Å². The molecule has 3 aromatic carbocycles. The third kappa shape index (κ3) is 7.70. The molecular formula is C24H20F3N5O3. The smallest absolute Gasteiger partial charge is 0.326 e. The fraction of sp³-hybridized carbons (Fsp3) is 0.0833. The third-order valence-electron chi connectivity index (χ3n) is 4.46. The van der Waals surface area contributed by atoms with Crippen LogP contribution in [-0.2, 0) is 11.0 Å². The van der Waals surface area contributed by atoms with Crippen molar-refractivity contribution < 1.29 is 27.6 Å². The third-order valence-corrected chi connectivity index (χ3v) is 4.46. The van der Waals surface area contributed by atoms with E-state index in [1.165, 1.54) is 49.5 Å². The minimum Gasteiger partial charge on any atom is -0.326 e. The summed E-state index contributed by atoms with van der Waals surface area (Å²) in [5.74, 6) is -0.674. The Kier molecular flexibility index (Phi) is 7.82. The Bertz CT molecular complexity index is 1240. The molecule has 3 aromatic rings. The molecule has 0 aliphatic heterocycles. The SMILES string of the molecule is CC(=O)Nc1ccc(/C=N/NC(=O)c2ccc(NC(=O)Nc3cccc(C(F)(F)F)c3)cc2)cc1. The van der Waals surface area contributed by atoms with Crippen LogP contribution in [0.2, 0.25) is 0 Å². The van der Waals surface area contributed by atoms with Crippen molar-refractivity contribution in [3.05, 3.63) is 89.5 Å². The van der Waals surface area contributed by atoms with E-state index in [2.05, 4.69) is 26.5 Å². The van der Waals surface area contributed by atoms with Gasteiger partial charge in [-0.25, -0.2) is 10.2 Å². The van der Waals surface area contributed by atoms with E-state index in [0.717, 1.165) is 12.1 Å². The largest absolute Gasteiger partial charge is 0.416 e. The molecule has 0 unspecified atom stereocenters. The van der Waals surface area contributed by atoms with Crippen LogP contribution in [0.5, 0.6) is 0 Å². The molecule has 0 saturated carbocycles. The van der Waals surface area contributed by atoms with Gasteiger partial charge in [-0.05, 0) is 60.2 Å². The molecule has 0 spiro atoms. The molecule has 0 atom stereocenters. The van der Waals surface area contributed by atoms with E-state index >= 15 is 0 Å². The van der Waals surface area contributed by atoms with Crippen molar-refractivity contribution in [1.29, 1.82) is 0 Å². The minimum atomic E-state index is -4.52. The van der Waals surface area contributed by atoms with Crippen LogP contribution in [0.1, 0.15) is 28.4 Å². The lowest BCUT2D eigenvalue weighted by molar-refractivity contribution is -0.137. The lowest BCUT2D eigenvalue weighted by Crippen LogP contribution is -2.20. The topological polar surface area (TPSA) is 112 Å². The number of rotatable bonds is 6. The number of hydrazone groups is 1. The molecular weight excluding hydrogens is 463 g/mol. The Morgan fingerprint density at radius 2 is 1.40 bits per heavy atom. The first-order chi connectivity index (χ1) is 16.6. The van der Waals surface area contributed by atoms with Crippen LogP contribution in [0.15, 0.2) is 77.9 Å². The molecule has 35 heavy (non-hydrogen) atoms. The number of nitrogens with one attached hydrogen (secondary N) is 4. The number of hydrogen-bond acceptors (Lipinski definition) is 4. The molecule has 0 aromatic heterocycles. The van der Waals surface area contributed by atoms with E-state index in [-0.39, 0.29) is 17.2 Å². The van der Waals surface area contributed by atoms with Gasteiger partial charge < -0.3 is 16.0 Å². The summed E-state index contributed by atoms with van der Waals surface area (Å²) >= 11 is 0. The minimum absolute atomic E-state index is 0.0176. The summed E-state index contributed by atoms with van der Waals surface area (Å²) in [4.78, 5) is 35.3. The Labute approximate surface area is 198 Å². The Hall–Kier alpha value is -4.67. The van der Waals surface area contributed by atoms with E-state index in [1.54, 1.807) is 24.3 Å². The molecule has 4 amide bonds. The van der Waals surface area contributed by atoms with Crippen LogP contribution >= 0.6 is 0 Å². The number of carbonyl (C=O) groups is 3. The van der Waals surface area contributed by atoms with Crippen molar-refractivity contribution in [2.75, 3.05) is 16.0 Å². The Balaban J connectivity index is 1.52. The summed E-state index contributed by atoms with van der Waals surface area (Å²) in [6.45, 7) is 1.41. The average Bonchev–Trinajstić information content (AvgIpc) is 2.80. The van der Waals surface area contributed by atoms with Crippen LogP contribution in [0.25, 0.3) is 0 Å².